The van der Waals surface area contributed by atoms with Crippen molar-refractivity contribution in [3.05, 3.63) is 63.8 Å². The molecule has 0 fully saturated rings. The van der Waals surface area contributed by atoms with Gasteiger partial charge in [-0.2, -0.15) is 4.98 Å². The highest BCUT2D eigenvalue weighted by Gasteiger charge is 2.23. The molecule has 3 aromatic heterocycles. The molecular formula is C28H27N5O5S2. The van der Waals surface area contributed by atoms with Crippen molar-refractivity contribution in [3.63, 3.8) is 0 Å². The van der Waals surface area contributed by atoms with E-state index in [1.807, 2.05) is 60.0 Å². The number of ether oxygens (including phenoxy) is 2. The lowest BCUT2D eigenvalue weighted by Crippen LogP contribution is -2.11. The van der Waals surface area contributed by atoms with E-state index in [4.69, 9.17) is 14.5 Å². The standard InChI is InChI=1S/C28H27N5O5S2/c1-5-37-28(36)38-26-30-24(32(4)31-26)20-10-8-7-9-19(20)18-13-11-17(12-14-18)15-33-22-21(29-27(33)39-6-2)16(3)40-23(22)25(34)35/h7-14H,5-6,15H2,1-4H3,(H,34,35). The lowest BCUT2D eigenvalue weighted by molar-refractivity contribution is 0.0703. The Morgan fingerprint density at radius 3 is 2.45 bits per heavy atom. The Kier molecular flexibility index (Phi) is 7.90. The minimum Gasteiger partial charge on any atom is -0.477 e. The van der Waals surface area contributed by atoms with Crippen LogP contribution in [0.4, 0.5) is 4.79 Å². The van der Waals surface area contributed by atoms with E-state index in [-0.39, 0.29) is 12.6 Å². The van der Waals surface area contributed by atoms with E-state index in [1.165, 1.54) is 11.3 Å². The van der Waals surface area contributed by atoms with E-state index < -0.39 is 12.1 Å². The number of carboxylic acid groups (broad SMARTS) is 1. The lowest BCUT2D eigenvalue weighted by Gasteiger charge is -2.12. The molecule has 3 heterocycles. The maximum absolute atomic E-state index is 12.0. The molecule has 0 aliphatic heterocycles. The number of benzene rings is 2. The number of imidazole rings is 1. The minimum atomic E-state index is -0.941. The third-order valence-electron chi connectivity index (χ3n) is 6.16. The first kappa shape index (κ1) is 27.4. The molecule has 10 nitrogen and oxygen atoms in total. The van der Waals surface area contributed by atoms with Crippen molar-refractivity contribution in [2.75, 3.05) is 12.4 Å². The quantitative estimate of drug-likeness (QED) is 0.160. The van der Waals surface area contributed by atoms with Gasteiger partial charge in [0.2, 0.25) is 0 Å². The SMILES string of the molecule is CCOC(=O)Oc1nc(-c2ccccc2-c2ccc(Cn3c(SCC)nc4c(C)sc(C(=O)O)c43)cc2)n(C)n1. The van der Waals surface area contributed by atoms with Gasteiger partial charge in [0.25, 0.3) is 0 Å². The van der Waals surface area contributed by atoms with E-state index in [1.54, 1.807) is 30.4 Å². The molecule has 0 unspecified atom stereocenters. The Morgan fingerprint density at radius 2 is 1.77 bits per heavy atom. The highest BCUT2D eigenvalue weighted by atomic mass is 32.2. The predicted octanol–water partition coefficient (Wildman–Crippen LogP) is 6.26. The fourth-order valence-electron chi connectivity index (χ4n) is 4.45. The van der Waals surface area contributed by atoms with Gasteiger partial charge in [-0.05, 0) is 36.3 Å². The normalized spacial score (nSPS) is 11.2. The number of rotatable bonds is 9. The van der Waals surface area contributed by atoms with Crippen molar-refractivity contribution in [2.45, 2.75) is 32.5 Å². The number of fused-ring (bicyclic) bond motifs is 1. The molecule has 2 aromatic carbocycles. The van der Waals surface area contributed by atoms with Gasteiger partial charge >= 0.3 is 18.1 Å². The smallest absolute Gasteiger partial charge is 0.477 e. The Labute approximate surface area is 238 Å². The van der Waals surface area contributed by atoms with Crippen LogP contribution in [-0.2, 0) is 18.3 Å². The molecule has 5 rings (SSSR count). The Balaban J connectivity index is 1.47. The molecule has 40 heavy (non-hydrogen) atoms. The topological polar surface area (TPSA) is 121 Å². The number of thiophene rings is 1. The molecule has 1 N–H and O–H groups in total. The summed E-state index contributed by atoms with van der Waals surface area (Å²) in [6.45, 7) is 6.34. The molecule has 0 aliphatic carbocycles. The number of hydrogen-bond acceptors (Lipinski definition) is 9. The zero-order valence-corrected chi connectivity index (χ0v) is 24.0. The lowest BCUT2D eigenvalue weighted by atomic mass is 9.98. The molecule has 0 atom stereocenters. The van der Waals surface area contributed by atoms with Gasteiger partial charge in [0.1, 0.15) is 10.4 Å². The molecule has 0 aliphatic rings. The largest absolute Gasteiger partial charge is 0.516 e. The molecule has 0 bridgehead atoms. The number of carbonyl (C=O) groups is 2. The Morgan fingerprint density at radius 1 is 1.05 bits per heavy atom. The third-order valence-corrected chi connectivity index (χ3v) is 8.09. The fourth-order valence-corrected chi connectivity index (χ4v) is 6.11. The van der Waals surface area contributed by atoms with Crippen molar-refractivity contribution in [2.24, 2.45) is 7.05 Å². The van der Waals surface area contributed by atoms with Crippen LogP contribution in [0, 0.1) is 6.92 Å². The summed E-state index contributed by atoms with van der Waals surface area (Å²) in [7, 11) is 1.73. The van der Waals surface area contributed by atoms with Crippen LogP contribution in [0.1, 0.15) is 34.0 Å². The number of carbonyl (C=O) groups excluding carboxylic acids is 1. The van der Waals surface area contributed by atoms with Gasteiger partial charge in [-0.25, -0.2) is 19.3 Å². The monoisotopic (exact) mass is 577 g/mol. The van der Waals surface area contributed by atoms with Gasteiger partial charge < -0.3 is 19.1 Å². The number of thioether (sulfide) groups is 1. The highest BCUT2D eigenvalue weighted by Crippen LogP contribution is 2.36. The first-order chi connectivity index (χ1) is 19.3. The predicted molar refractivity (Wildman–Crippen MR) is 154 cm³/mol. The number of aromatic nitrogens is 5. The van der Waals surface area contributed by atoms with Crippen LogP contribution in [0.2, 0.25) is 0 Å². The van der Waals surface area contributed by atoms with Crippen LogP contribution in [0.15, 0.2) is 53.7 Å². The van der Waals surface area contributed by atoms with Gasteiger partial charge in [0.15, 0.2) is 11.0 Å². The van der Waals surface area contributed by atoms with Crippen LogP contribution >= 0.6 is 23.1 Å². The summed E-state index contributed by atoms with van der Waals surface area (Å²) >= 11 is 2.86. The van der Waals surface area contributed by atoms with Gasteiger partial charge in [-0.3, -0.25) is 0 Å². The van der Waals surface area contributed by atoms with Gasteiger partial charge in [-0.15, -0.1) is 16.4 Å². The highest BCUT2D eigenvalue weighted by molar-refractivity contribution is 7.99. The number of hydrogen-bond donors (Lipinski definition) is 1. The number of carboxylic acids is 1. The molecule has 0 spiro atoms. The maximum atomic E-state index is 12.0. The van der Waals surface area contributed by atoms with Gasteiger partial charge in [0, 0.05) is 17.5 Å². The maximum Gasteiger partial charge on any atom is 0.516 e. The Bertz CT molecular complexity index is 1700. The first-order valence-corrected chi connectivity index (χ1v) is 14.4. The number of aryl methyl sites for hydroxylation is 2. The summed E-state index contributed by atoms with van der Waals surface area (Å²) in [4.78, 5) is 34.1. The molecule has 0 radical (unpaired) electrons. The summed E-state index contributed by atoms with van der Waals surface area (Å²) in [5, 5.41) is 14.8. The molecule has 206 valence electrons. The summed E-state index contributed by atoms with van der Waals surface area (Å²) in [6, 6.07) is 15.8. The summed E-state index contributed by atoms with van der Waals surface area (Å²) in [5.74, 6) is 0.424. The molecule has 12 heteroatoms. The zero-order valence-electron chi connectivity index (χ0n) is 22.4. The summed E-state index contributed by atoms with van der Waals surface area (Å²) < 4.78 is 13.5. The third kappa shape index (κ3) is 5.32. The van der Waals surface area contributed by atoms with Crippen molar-refractivity contribution < 1.29 is 24.2 Å². The molecular weight excluding hydrogens is 550 g/mol. The van der Waals surface area contributed by atoms with Crippen LogP contribution < -0.4 is 4.74 Å². The van der Waals surface area contributed by atoms with E-state index in [2.05, 4.69) is 17.0 Å². The second-order valence-corrected chi connectivity index (χ2v) is 11.2. The van der Waals surface area contributed by atoms with Crippen LogP contribution in [0.25, 0.3) is 33.5 Å². The first-order valence-electron chi connectivity index (χ1n) is 12.6. The minimum absolute atomic E-state index is 0.0853. The van der Waals surface area contributed by atoms with E-state index in [9.17, 15) is 14.7 Å². The van der Waals surface area contributed by atoms with Crippen molar-refractivity contribution in [1.29, 1.82) is 0 Å². The van der Waals surface area contributed by atoms with E-state index in [0.29, 0.717) is 22.8 Å². The molecule has 0 saturated heterocycles. The van der Waals surface area contributed by atoms with Gasteiger partial charge in [-0.1, -0.05) is 67.2 Å². The molecule has 5 aromatic rings. The van der Waals surface area contributed by atoms with Crippen LogP contribution in [-0.4, -0.2) is 53.9 Å². The number of aromatic carboxylic acids is 1. The summed E-state index contributed by atoms with van der Waals surface area (Å²) in [6.07, 6.45) is -0.854. The van der Waals surface area contributed by atoms with Gasteiger partial charge in [0.05, 0.1) is 18.7 Å². The molecule has 0 saturated carbocycles. The second-order valence-electron chi connectivity index (χ2n) is 8.77. The van der Waals surface area contributed by atoms with Crippen molar-refractivity contribution in [1.82, 2.24) is 24.3 Å². The Hall–Kier alpha value is -4.16. The average Bonchev–Trinajstić information content (AvgIpc) is 3.58. The van der Waals surface area contributed by atoms with Crippen LogP contribution in [0.5, 0.6) is 6.01 Å². The fraction of sp³-hybridized carbons (Fsp3) is 0.250. The average molecular weight is 578 g/mol. The van der Waals surface area contributed by atoms with Crippen LogP contribution in [0.3, 0.4) is 0 Å². The second kappa shape index (κ2) is 11.5. The molecule has 0 amide bonds. The summed E-state index contributed by atoms with van der Waals surface area (Å²) in [5.41, 5.74) is 5.15. The number of nitrogens with zero attached hydrogens (tertiary/aromatic N) is 5. The zero-order chi connectivity index (χ0) is 28.4. The van der Waals surface area contributed by atoms with Crippen molar-refractivity contribution in [3.8, 4) is 28.5 Å². The van der Waals surface area contributed by atoms with Crippen molar-refractivity contribution >= 4 is 46.3 Å². The van der Waals surface area contributed by atoms with E-state index in [0.717, 1.165) is 43.6 Å². The van der Waals surface area contributed by atoms with E-state index >= 15 is 0 Å².